The van der Waals surface area contributed by atoms with Gasteiger partial charge in [-0.1, -0.05) is 15.9 Å². The third-order valence-electron chi connectivity index (χ3n) is 2.14. The number of rotatable bonds is 3. The van der Waals surface area contributed by atoms with Crippen LogP contribution in [-0.4, -0.2) is 9.97 Å². The highest BCUT2D eigenvalue weighted by atomic mass is 79.9. The van der Waals surface area contributed by atoms with Crippen LogP contribution in [0.25, 0.3) is 0 Å². The third kappa shape index (κ3) is 2.92. The van der Waals surface area contributed by atoms with Crippen molar-refractivity contribution in [3.63, 3.8) is 0 Å². The number of hydrogen-bond donors (Lipinski definition) is 2. The lowest BCUT2D eigenvalue weighted by Crippen LogP contribution is -2.08. The van der Waals surface area contributed by atoms with Crippen LogP contribution in [0.4, 0.5) is 5.82 Å². The molecule has 0 bridgehead atoms. The van der Waals surface area contributed by atoms with Gasteiger partial charge in [-0.3, -0.25) is 0 Å². The van der Waals surface area contributed by atoms with Gasteiger partial charge < -0.3 is 10.2 Å². The van der Waals surface area contributed by atoms with Gasteiger partial charge in [0, 0.05) is 10.5 Å². The Labute approximate surface area is 107 Å². The minimum Gasteiger partial charge on any atom is -0.439 e. The number of nitrogens with zero attached hydrogens (tertiary/aromatic N) is 2. The minimum atomic E-state index is 0.440. The molecule has 17 heavy (non-hydrogen) atoms. The number of anilines is 1. The summed E-state index contributed by atoms with van der Waals surface area (Å²) in [7, 11) is 0. The lowest BCUT2D eigenvalue weighted by atomic mass is 10.2. The number of nitrogens with two attached hydrogens (primary N) is 1. The monoisotopic (exact) mass is 294 g/mol. The standard InChI is InChI=1S/C11H11BrN4O/c1-7-4-8(2-3-9(7)12)17-11-5-10(16-13)14-6-15-11/h2-6H,13H2,1H3,(H,14,15,16). The van der Waals surface area contributed by atoms with Crippen molar-refractivity contribution >= 4 is 21.7 Å². The fraction of sp³-hybridized carbons (Fsp3) is 0.0909. The lowest BCUT2D eigenvalue weighted by Gasteiger charge is -2.07. The van der Waals surface area contributed by atoms with Crippen molar-refractivity contribution in [3.8, 4) is 11.6 Å². The van der Waals surface area contributed by atoms with E-state index in [4.69, 9.17) is 10.6 Å². The molecule has 0 atom stereocenters. The van der Waals surface area contributed by atoms with Gasteiger partial charge in [0.25, 0.3) is 0 Å². The maximum atomic E-state index is 5.59. The zero-order valence-corrected chi connectivity index (χ0v) is 10.7. The first-order valence-corrected chi connectivity index (χ1v) is 5.71. The smallest absolute Gasteiger partial charge is 0.224 e. The van der Waals surface area contributed by atoms with Crippen LogP contribution in [0.1, 0.15) is 5.56 Å². The van der Waals surface area contributed by atoms with E-state index < -0.39 is 0 Å². The van der Waals surface area contributed by atoms with Crippen molar-refractivity contribution in [2.24, 2.45) is 5.84 Å². The Kier molecular flexibility index (Phi) is 3.55. The molecule has 0 aliphatic carbocycles. The third-order valence-corrected chi connectivity index (χ3v) is 3.03. The van der Waals surface area contributed by atoms with Gasteiger partial charge in [-0.15, -0.1) is 0 Å². The fourth-order valence-electron chi connectivity index (χ4n) is 1.28. The maximum Gasteiger partial charge on any atom is 0.224 e. The van der Waals surface area contributed by atoms with Crippen LogP contribution in [-0.2, 0) is 0 Å². The van der Waals surface area contributed by atoms with E-state index in [1.807, 2.05) is 25.1 Å². The normalized spacial score (nSPS) is 10.1. The summed E-state index contributed by atoms with van der Waals surface area (Å²) in [4.78, 5) is 7.89. The highest BCUT2D eigenvalue weighted by molar-refractivity contribution is 9.10. The molecule has 2 aromatic rings. The molecule has 5 nitrogen and oxygen atoms in total. The number of ether oxygens (including phenoxy) is 1. The second-order valence-electron chi connectivity index (χ2n) is 3.40. The number of benzene rings is 1. The van der Waals surface area contributed by atoms with Crippen LogP contribution in [0.2, 0.25) is 0 Å². The molecular formula is C11H11BrN4O. The molecule has 0 saturated heterocycles. The Balaban J connectivity index is 2.22. The molecule has 1 aromatic heterocycles. The molecule has 0 radical (unpaired) electrons. The van der Waals surface area contributed by atoms with Crippen molar-refractivity contribution in [3.05, 3.63) is 40.6 Å². The first-order valence-electron chi connectivity index (χ1n) is 4.91. The number of aryl methyl sites for hydroxylation is 1. The quantitative estimate of drug-likeness (QED) is 0.672. The van der Waals surface area contributed by atoms with Crippen molar-refractivity contribution in [1.29, 1.82) is 0 Å². The number of aromatic nitrogens is 2. The van der Waals surface area contributed by atoms with Crippen molar-refractivity contribution in [2.45, 2.75) is 6.92 Å². The summed E-state index contributed by atoms with van der Waals surface area (Å²) in [6, 6.07) is 7.32. The van der Waals surface area contributed by atoms with Crippen LogP contribution in [0.3, 0.4) is 0 Å². The number of hydrazine groups is 1. The van der Waals surface area contributed by atoms with Gasteiger partial charge in [0.05, 0.1) is 0 Å². The summed E-state index contributed by atoms with van der Waals surface area (Å²) in [5, 5.41) is 0. The summed E-state index contributed by atoms with van der Waals surface area (Å²) in [5.41, 5.74) is 3.53. The van der Waals surface area contributed by atoms with Crippen LogP contribution < -0.4 is 16.0 Å². The van der Waals surface area contributed by atoms with Gasteiger partial charge >= 0.3 is 0 Å². The lowest BCUT2D eigenvalue weighted by molar-refractivity contribution is 0.461. The highest BCUT2D eigenvalue weighted by Gasteiger charge is 2.02. The molecule has 3 N–H and O–H groups in total. The minimum absolute atomic E-state index is 0.440. The predicted octanol–water partition coefficient (Wildman–Crippen LogP) is 2.63. The number of nitrogens with one attached hydrogen (secondary N) is 1. The molecule has 0 saturated carbocycles. The molecular weight excluding hydrogens is 284 g/mol. The zero-order chi connectivity index (χ0) is 12.3. The van der Waals surface area contributed by atoms with Crippen molar-refractivity contribution < 1.29 is 4.74 Å². The second-order valence-corrected chi connectivity index (χ2v) is 4.25. The van der Waals surface area contributed by atoms with E-state index >= 15 is 0 Å². The van der Waals surface area contributed by atoms with Gasteiger partial charge in [0.2, 0.25) is 5.88 Å². The van der Waals surface area contributed by atoms with E-state index in [1.54, 1.807) is 6.07 Å². The van der Waals surface area contributed by atoms with E-state index in [0.29, 0.717) is 17.4 Å². The second kappa shape index (κ2) is 5.11. The first kappa shape index (κ1) is 11.8. The Hall–Kier alpha value is -1.66. The van der Waals surface area contributed by atoms with Crippen LogP contribution in [0.15, 0.2) is 35.1 Å². The van der Waals surface area contributed by atoms with E-state index in [0.717, 1.165) is 10.0 Å². The average molecular weight is 295 g/mol. The summed E-state index contributed by atoms with van der Waals surface area (Å²) >= 11 is 3.43. The summed E-state index contributed by atoms with van der Waals surface area (Å²) in [6.45, 7) is 1.99. The molecule has 1 aromatic carbocycles. The van der Waals surface area contributed by atoms with E-state index in [2.05, 4.69) is 31.3 Å². The fourth-order valence-corrected chi connectivity index (χ4v) is 1.52. The molecule has 0 fully saturated rings. The van der Waals surface area contributed by atoms with Crippen LogP contribution in [0.5, 0.6) is 11.6 Å². The molecule has 6 heteroatoms. The molecule has 0 spiro atoms. The molecule has 2 rings (SSSR count). The van der Waals surface area contributed by atoms with Gasteiger partial charge in [-0.25, -0.2) is 15.8 Å². The molecule has 0 unspecified atom stereocenters. The van der Waals surface area contributed by atoms with E-state index in [-0.39, 0.29) is 0 Å². The molecule has 0 aliphatic heterocycles. The van der Waals surface area contributed by atoms with Gasteiger partial charge in [0.1, 0.15) is 17.9 Å². The number of halogens is 1. The Morgan fingerprint density at radius 1 is 1.29 bits per heavy atom. The topological polar surface area (TPSA) is 73.1 Å². The zero-order valence-electron chi connectivity index (χ0n) is 9.14. The maximum absolute atomic E-state index is 5.59. The summed E-state index contributed by atoms with van der Waals surface area (Å²) < 4.78 is 6.63. The van der Waals surface area contributed by atoms with Crippen LogP contribution >= 0.6 is 15.9 Å². The van der Waals surface area contributed by atoms with E-state index in [9.17, 15) is 0 Å². The van der Waals surface area contributed by atoms with Crippen LogP contribution in [0, 0.1) is 6.92 Å². The Bertz CT molecular complexity index is 533. The molecule has 1 heterocycles. The molecule has 0 aliphatic rings. The summed E-state index contributed by atoms with van der Waals surface area (Å²) in [6.07, 6.45) is 1.39. The molecule has 0 amide bonds. The van der Waals surface area contributed by atoms with Crippen molar-refractivity contribution in [1.82, 2.24) is 9.97 Å². The highest BCUT2D eigenvalue weighted by Crippen LogP contribution is 2.25. The van der Waals surface area contributed by atoms with Gasteiger partial charge in [0.15, 0.2) is 0 Å². The molecule has 88 valence electrons. The van der Waals surface area contributed by atoms with Gasteiger partial charge in [-0.05, 0) is 30.7 Å². The largest absolute Gasteiger partial charge is 0.439 e. The number of nitrogen functional groups attached to an aromatic ring is 1. The average Bonchev–Trinajstić information content (AvgIpc) is 2.34. The van der Waals surface area contributed by atoms with Crippen molar-refractivity contribution in [2.75, 3.05) is 5.43 Å². The Morgan fingerprint density at radius 2 is 2.12 bits per heavy atom. The predicted molar refractivity (Wildman–Crippen MR) is 68.8 cm³/mol. The van der Waals surface area contributed by atoms with E-state index in [1.165, 1.54) is 6.33 Å². The first-order chi connectivity index (χ1) is 8.19. The van der Waals surface area contributed by atoms with Gasteiger partial charge in [-0.2, -0.15) is 0 Å². The summed E-state index contributed by atoms with van der Waals surface area (Å²) in [5.74, 6) is 6.91. The SMILES string of the molecule is Cc1cc(Oc2cc(NN)ncn2)ccc1Br. The number of hydrogen-bond acceptors (Lipinski definition) is 5. The Morgan fingerprint density at radius 3 is 2.82 bits per heavy atom.